The van der Waals surface area contributed by atoms with Crippen LogP contribution in [0.1, 0.15) is 23.2 Å². The van der Waals surface area contributed by atoms with E-state index in [0.29, 0.717) is 23.5 Å². The molecular weight excluding hydrogens is 344 g/mol. The summed E-state index contributed by atoms with van der Waals surface area (Å²) in [4.78, 5) is 39.2. The van der Waals surface area contributed by atoms with E-state index in [1.165, 1.54) is 6.20 Å². The van der Waals surface area contributed by atoms with Crippen molar-refractivity contribution < 1.29 is 9.59 Å². The van der Waals surface area contributed by atoms with Crippen LogP contribution in [0.15, 0.2) is 35.3 Å². The van der Waals surface area contributed by atoms with Gasteiger partial charge in [-0.05, 0) is 31.5 Å². The van der Waals surface area contributed by atoms with Gasteiger partial charge in [0.25, 0.3) is 5.91 Å². The molecule has 134 valence electrons. The van der Waals surface area contributed by atoms with E-state index in [1.54, 1.807) is 18.2 Å². The van der Waals surface area contributed by atoms with Gasteiger partial charge in [-0.25, -0.2) is 0 Å². The van der Waals surface area contributed by atoms with Gasteiger partial charge in [-0.3, -0.25) is 14.4 Å². The van der Waals surface area contributed by atoms with Crippen molar-refractivity contribution >= 4 is 35.1 Å². The summed E-state index contributed by atoms with van der Waals surface area (Å²) >= 11 is 0. The lowest BCUT2D eigenvalue weighted by atomic mass is 10.1. The quantitative estimate of drug-likeness (QED) is 0.622. The largest absolute Gasteiger partial charge is 0.360 e. The zero-order valence-corrected chi connectivity index (χ0v) is 14.4. The molecule has 1 unspecified atom stereocenters. The molecule has 2 aromatic rings. The monoisotopic (exact) mass is 364 g/mol. The number of H-pyrrole nitrogens is 1. The van der Waals surface area contributed by atoms with Gasteiger partial charge in [0.2, 0.25) is 11.3 Å². The molecule has 2 amide bonds. The van der Waals surface area contributed by atoms with Crippen molar-refractivity contribution in [3.63, 3.8) is 0 Å². The standard InChI is InChI=1S/C17H20N4O3.ClH/c22-15(20-8-11-4-3-7-18-11)10-21-17(24)13-9-19-14-6-2-1-5-12(14)16(13)23;/h1-2,5-6,9,11,18H,3-4,7-8,10H2,(H,19,23)(H,20,22)(H,21,24);1H. The molecule has 1 atom stereocenters. The topological polar surface area (TPSA) is 103 Å². The first kappa shape index (κ1) is 19.0. The Hall–Kier alpha value is -2.38. The Morgan fingerprint density at radius 3 is 2.76 bits per heavy atom. The lowest BCUT2D eigenvalue weighted by Gasteiger charge is -2.11. The number of amides is 2. The Morgan fingerprint density at radius 1 is 1.20 bits per heavy atom. The lowest BCUT2D eigenvalue weighted by molar-refractivity contribution is -0.120. The third-order valence-electron chi connectivity index (χ3n) is 4.15. The van der Waals surface area contributed by atoms with E-state index < -0.39 is 5.91 Å². The van der Waals surface area contributed by atoms with Gasteiger partial charge in [-0.2, -0.15) is 0 Å². The van der Waals surface area contributed by atoms with Gasteiger partial charge < -0.3 is 20.9 Å². The Kier molecular flexibility index (Phi) is 6.55. The number of aromatic amines is 1. The van der Waals surface area contributed by atoms with Crippen LogP contribution in [0.3, 0.4) is 0 Å². The van der Waals surface area contributed by atoms with E-state index in [1.807, 2.05) is 6.07 Å². The molecule has 1 aromatic carbocycles. The highest BCUT2D eigenvalue weighted by atomic mass is 35.5. The molecule has 0 spiro atoms. The Bertz CT molecular complexity index is 815. The minimum atomic E-state index is -0.559. The zero-order chi connectivity index (χ0) is 16.9. The Balaban J connectivity index is 0.00000225. The van der Waals surface area contributed by atoms with Crippen LogP contribution in [0.2, 0.25) is 0 Å². The van der Waals surface area contributed by atoms with Gasteiger partial charge in [0.15, 0.2) is 0 Å². The number of hydrogen-bond acceptors (Lipinski definition) is 4. The first-order valence-corrected chi connectivity index (χ1v) is 8.04. The maximum absolute atomic E-state index is 12.3. The van der Waals surface area contributed by atoms with Crippen LogP contribution in [0.4, 0.5) is 0 Å². The Labute approximate surface area is 151 Å². The van der Waals surface area contributed by atoms with Gasteiger partial charge in [0, 0.05) is 29.7 Å². The van der Waals surface area contributed by atoms with Crippen molar-refractivity contribution in [2.75, 3.05) is 19.6 Å². The third kappa shape index (κ3) is 4.58. The van der Waals surface area contributed by atoms with Crippen molar-refractivity contribution in [1.82, 2.24) is 20.9 Å². The first-order chi connectivity index (χ1) is 11.6. The van der Waals surface area contributed by atoms with Gasteiger partial charge in [0.1, 0.15) is 5.56 Å². The summed E-state index contributed by atoms with van der Waals surface area (Å²) in [6.45, 7) is 1.37. The number of para-hydroxylation sites is 1. The fraction of sp³-hybridized carbons (Fsp3) is 0.353. The molecular formula is C17H21ClN4O3. The third-order valence-corrected chi connectivity index (χ3v) is 4.15. The van der Waals surface area contributed by atoms with Crippen molar-refractivity contribution in [2.24, 2.45) is 0 Å². The summed E-state index contributed by atoms with van der Waals surface area (Å²) in [7, 11) is 0. The smallest absolute Gasteiger partial charge is 0.257 e. The average molecular weight is 365 g/mol. The number of benzene rings is 1. The molecule has 1 fully saturated rings. The average Bonchev–Trinajstić information content (AvgIpc) is 3.12. The van der Waals surface area contributed by atoms with Crippen molar-refractivity contribution in [3.05, 3.63) is 46.2 Å². The van der Waals surface area contributed by atoms with Gasteiger partial charge >= 0.3 is 0 Å². The SMILES string of the molecule is Cl.O=C(CNC(=O)c1c[nH]c2ccccc2c1=O)NCC1CCCN1. The van der Waals surface area contributed by atoms with Crippen molar-refractivity contribution in [3.8, 4) is 0 Å². The van der Waals surface area contributed by atoms with Crippen molar-refractivity contribution in [1.29, 1.82) is 0 Å². The highest BCUT2D eigenvalue weighted by molar-refractivity contribution is 5.98. The van der Waals surface area contributed by atoms with Gasteiger partial charge in [-0.15, -0.1) is 12.4 Å². The number of halogens is 1. The number of rotatable bonds is 5. The zero-order valence-electron chi connectivity index (χ0n) is 13.6. The normalized spacial score (nSPS) is 16.2. The molecule has 7 nitrogen and oxygen atoms in total. The van der Waals surface area contributed by atoms with E-state index in [2.05, 4.69) is 20.9 Å². The number of fused-ring (bicyclic) bond motifs is 1. The molecule has 1 aliphatic rings. The predicted molar refractivity (Wildman–Crippen MR) is 98.2 cm³/mol. The van der Waals surface area contributed by atoms with Crippen LogP contribution in [-0.2, 0) is 4.79 Å². The molecule has 3 rings (SSSR count). The van der Waals surface area contributed by atoms with Crippen LogP contribution in [0.25, 0.3) is 10.9 Å². The minimum absolute atomic E-state index is 0. The van der Waals surface area contributed by atoms with E-state index in [9.17, 15) is 14.4 Å². The summed E-state index contributed by atoms with van der Waals surface area (Å²) < 4.78 is 0. The summed E-state index contributed by atoms with van der Waals surface area (Å²) in [5.74, 6) is -0.828. The van der Waals surface area contributed by atoms with Crippen LogP contribution in [0.5, 0.6) is 0 Å². The number of pyridine rings is 1. The summed E-state index contributed by atoms with van der Waals surface area (Å²) in [5.41, 5.74) is 0.317. The Morgan fingerprint density at radius 2 is 2.00 bits per heavy atom. The lowest BCUT2D eigenvalue weighted by Crippen LogP contribution is -2.42. The second kappa shape index (κ2) is 8.64. The number of aromatic nitrogens is 1. The maximum Gasteiger partial charge on any atom is 0.257 e. The maximum atomic E-state index is 12.3. The van der Waals surface area contributed by atoms with Gasteiger partial charge in [-0.1, -0.05) is 12.1 Å². The molecule has 25 heavy (non-hydrogen) atoms. The molecule has 0 saturated carbocycles. The second-order valence-electron chi connectivity index (χ2n) is 5.86. The van der Waals surface area contributed by atoms with Crippen LogP contribution in [0, 0.1) is 0 Å². The van der Waals surface area contributed by atoms with Gasteiger partial charge in [0.05, 0.1) is 6.54 Å². The number of carbonyl (C=O) groups excluding carboxylic acids is 2. The highest BCUT2D eigenvalue weighted by Gasteiger charge is 2.16. The number of nitrogens with one attached hydrogen (secondary N) is 4. The number of hydrogen-bond donors (Lipinski definition) is 4. The fourth-order valence-corrected chi connectivity index (χ4v) is 2.82. The summed E-state index contributed by atoms with van der Waals surface area (Å²) in [5, 5.41) is 8.99. The molecule has 8 heteroatoms. The van der Waals surface area contributed by atoms with Crippen molar-refractivity contribution in [2.45, 2.75) is 18.9 Å². The summed E-state index contributed by atoms with van der Waals surface area (Å²) in [6.07, 6.45) is 3.53. The molecule has 2 heterocycles. The van der Waals surface area contributed by atoms with E-state index in [0.717, 1.165) is 19.4 Å². The first-order valence-electron chi connectivity index (χ1n) is 8.04. The molecule has 1 aromatic heterocycles. The molecule has 0 aliphatic carbocycles. The van der Waals surface area contributed by atoms with Crippen LogP contribution < -0.4 is 21.4 Å². The molecule has 1 saturated heterocycles. The van der Waals surface area contributed by atoms with E-state index in [-0.39, 0.29) is 35.9 Å². The summed E-state index contributed by atoms with van der Waals surface area (Å²) in [6, 6.07) is 7.27. The fourth-order valence-electron chi connectivity index (χ4n) is 2.82. The predicted octanol–water partition coefficient (Wildman–Crippen LogP) is 0.548. The van der Waals surface area contributed by atoms with Crippen LogP contribution >= 0.6 is 12.4 Å². The van der Waals surface area contributed by atoms with E-state index in [4.69, 9.17) is 0 Å². The van der Waals surface area contributed by atoms with E-state index >= 15 is 0 Å². The molecule has 4 N–H and O–H groups in total. The molecule has 0 radical (unpaired) electrons. The van der Waals surface area contributed by atoms with Crippen LogP contribution in [-0.4, -0.2) is 42.5 Å². The number of carbonyl (C=O) groups is 2. The molecule has 0 bridgehead atoms. The highest BCUT2D eigenvalue weighted by Crippen LogP contribution is 2.07. The molecule has 1 aliphatic heterocycles. The minimum Gasteiger partial charge on any atom is -0.360 e. The second-order valence-corrected chi connectivity index (χ2v) is 5.86.